The van der Waals surface area contributed by atoms with Gasteiger partial charge in [-0.3, -0.25) is 14.4 Å². The summed E-state index contributed by atoms with van der Waals surface area (Å²) in [5.41, 5.74) is 1.23. The number of hydrogen-bond acceptors (Lipinski definition) is 7. The number of carbonyl (C=O) groups is 3. The summed E-state index contributed by atoms with van der Waals surface area (Å²) in [5.74, 6) is -0.554. The summed E-state index contributed by atoms with van der Waals surface area (Å²) in [5, 5.41) is 12.8. The molecule has 10 nitrogen and oxygen atoms in total. The van der Waals surface area contributed by atoms with E-state index in [1.165, 1.54) is 0 Å². The molecule has 3 aromatic carbocycles. The standard InChI is InChI=1S/C36H43N3O7Si/c1-23-33(47(3,4)44)31(20-32(41)38-18-8-11-27(38)22-40)46-36(23)29-19-26(37-34(42)25-12-15-28(45-2)16-13-25)14-17-30(29)39(35(36)43)21-24-9-6-5-7-10-24/h5-7,9-10,12-17,19,23,27,31,33,40,44H,8,11,18,20-22H2,1-4H3,(H,37,42)/t23-,27-,31+,33-,36+/m0/s1. The van der Waals surface area contributed by atoms with Gasteiger partial charge in [-0.15, -0.1) is 0 Å². The molecule has 3 aliphatic rings. The molecular formula is C36H43N3O7Si. The van der Waals surface area contributed by atoms with Gasteiger partial charge in [-0.25, -0.2) is 0 Å². The molecule has 248 valence electrons. The van der Waals surface area contributed by atoms with Crippen molar-refractivity contribution >= 4 is 37.4 Å². The van der Waals surface area contributed by atoms with Crippen LogP contribution in [0.2, 0.25) is 18.6 Å². The van der Waals surface area contributed by atoms with Crippen LogP contribution in [0.4, 0.5) is 11.4 Å². The average molecular weight is 658 g/mol. The molecule has 3 heterocycles. The number of nitrogens with zero attached hydrogens (tertiary/aromatic N) is 2. The second-order valence-electron chi connectivity index (χ2n) is 13.4. The van der Waals surface area contributed by atoms with Crippen LogP contribution >= 0.6 is 0 Å². The van der Waals surface area contributed by atoms with Crippen molar-refractivity contribution in [3.8, 4) is 5.75 Å². The first-order valence-electron chi connectivity index (χ1n) is 16.2. The zero-order chi connectivity index (χ0) is 33.5. The number of aliphatic hydroxyl groups excluding tert-OH is 1. The monoisotopic (exact) mass is 657 g/mol. The number of likely N-dealkylation sites (tertiary alicyclic amines) is 1. The van der Waals surface area contributed by atoms with Crippen LogP contribution in [-0.2, 0) is 26.5 Å². The van der Waals surface area contributed by atoms with E-state index in [1.807, 2.05) is 56.4 Å². The number of ether oxygens (including phenoxy) is 2. The van der Waals surface area contributed by atoms with Crippen molar-refractivity contribution < 1.29 is 33.8 Å². The van der Waals surface area contributed by atoms with Crippen LogP contribution in [0.15, 0.2) is 72.8 Å². The lowest BCUT2D eigenvalue weighted by Crippen LogP contribution is -2.46. The van der Waals surface area contributed by atoms with Crippen LogP contribution in [0, 0.1) is 5.92 Å². The minimum atomic E-state index is -3.01. The van der Waals surface area contributed by atoms with Gasteiger partial charge in [-0.05, 0) is 74.0 Å². The lowest BCUT2D eigenvalue weighted by Gasteiger charge is -2.33. The molecule has 47 heavy (non-hydrogen) atoms. The molecule has 3 N–H and O–H groups in total. The quantitative estimate of drug-likeness (QED) is 0.286. The Morgan fingerprint density at radius 3 is 2.47 bits per heavy atom. The molecule has 2 fully saturated rings. The van der Waals surface area contributed by atoms with Crippen LogP contribution in [0.5, 0.6) is 5.75 Å². The van der Waals surface area contributed by atoms with Crippen LogP contribution in [-0.4, -0.2) is 73.2 Å². The molecule has 0 aliphatic carbocycles. The van der Waals surface area contributed by atoms with Gasteiger partial charge in [0.15, 0.2) is 13.9 Å². The zero-order valence-corrected chi connectivity index (χ0v) is 28.3. The van der Waals surface area contributed by atoms with Crippen molar-refractivity contribution in [1.82, 2.24) is 4.90 Å². The van der Waals surface area contributed by atoms with Gasteiger partial charge in [-0.1, -0.05) is 37.3 Å². The number of amides is 3. The highest BCUT2D eigenvalue weighted by molar-refractivity contribution is 6.71. The van der Waals surface area contributed by atoms with Gasteiger partial charge < -0.3 is 34.5 Å². The van der Waals surface area contributed by atoms with Gasteiger partial charge in [-0.2, -0.15) is 0 Å². The molecule has 0 bridgehead atoms. The van der Waals surface area contributed by atoms with E-state index in [9.17, 15) is 24.3 Å². The number of methoxy groups -OCH3 is 1. The molecule has 3 aromatic rings. The Hall–Kier alpha value is -4.03. The van der Waals surface area contributed by atoms with Crippen molar-refractivity contribution in [2.45, 2.75) is 69.1 Å². The van der Waals surface area contributed by atoms with Crippen LogP contribution in [0.25, 0.3) is 0 Å². The van der Waals surface area contributed by atoms with E-state index in [0.29, 0.717) is 41.3 Å². The average Bonchev–Trinajstić information content (AvgIpc) is 3.72. The van der Waals surface area contributed by atoms with Gasteiger partial charge in [0.05, 0.1) is 44.5 Å². The van der Waals surface area contributed by atoms with Gasteiger partial charge >= 0.3 is 0 Å². The molecule has 2 saturated heterocycles. The fourth-order valence-corrected chi connectivity index (χ4v) is 10.4. The minimum absolute atomic E-state index is 0.000554. The van der Waals surface area contributed by atoms with E-state index in [-0.39, 0.29) is 36.8 Å². The number of hydrogen-bond donors (Lipinski definition) is 3. The number of nitrogens with one attached hydrogen (secondary N) is 1. The first-order chi connectivity index (χ1) is 22.5. The van der Waals surface area contributed by atoms with Crippen molar-refractivity contribution in [2.75, 3.05) is 30.5 Å². The summed E-state index contributed by atoms with van der Waals surface area (Å²) in [6.07, 6.45) is 0.843. The normalized spacial score (nSPS) is 25.4. The summed E-state index contributed by atoms with van der Waals surface area (Å²) in [6, 6.07) is 21.6. The maximum absolute atomic E-state index is 14.8. The number of aliphatic hydroxyl groups is 1. The Morgan fingerprint density at radius 2 is 1.81 bits per heavy atom. The zero-order valence-electron chi connectivity index (χ0n) is 27.3. The van der Waals surface area contributed by atoms with Gasteiger partial charge in [0.2, 0.25) is 5.91 Å². The van der Waals surface area contributed by atoms with E-state index < -0.39 is 31.5 Å². The van der Waals surface area contributed by atoms with E-state index in [2.05, 4.69) is 5.32 Å². The first-order valence-corrected chi connectivity index (χ1v) is 19.3. The predicted octanol–water partition coefficient (Wildman–Crippen LogP) is 4.67. The summed E-state index contributed by atoms with van der Waals surface area (Å²) < 4.78 is 12.1. The summed E-state index contributed by atoms with van der Waals surface area (Å²) in [6.45, 7) is 6.35. The van der Waals surface area contributed by atoms with Crippen molar-refractivity contribution in [3.63, 3.8) is 0 Å². The Bertz CT molecular complexity index is 1640. The highest BCUT2D eigenvalue weighted by Gasteiger charge is 2.66. The van der Waals surface area contributed by atoms with Gasteiger partial charge in [0, 0.05) is 34.8 Å². The molecule has 0 unspecified atom stereocenters. The van der Waals surface area contributed by atoms with Crippen molar-refractivity contribution in [1.29, 1.82) is 0 Å². The van der Waals surface area contributed by atoms with E-state index in [0.717, 1.165) is 18.4 Å². The van der Waals surface area contributed by atoms with Crippen LogP contribution in [0.3, 0.4) is 0 Å². The second-order valence-corrected chi connectivity index (χ2v) is 17.4. The summed E-state index contributed by atoms with van der Waals surface area (Å²) in [4.78, 5) is 56.8. The second kappa shape index (κ2) is 12.9. The molecule has 0 radical (unpaired) electrons. The smallest absolute Gasteiger partial charge is 0.264 e. The molecule has 3 amide bonds. The Labute approximate surface area is 276 Å². The minimum Gasteiger partial charge on any atom is -0.497 e. The van der Waals surface area contributed by atoms with E-state index in [1.54, 1.807) is 53.3 Å². The Kier molecular flexibility index (Phi) is 9.01. The first kappa shape index (κ1) is 32.9. The summed E-state index contributed by atoms with van der Waals surface area (Å²) >= 11 is 0. The fourth-order valence-electron chi connectivity index (χ4n) is 7.87. The third-order valence-electron chi connectivity index (χ3n) is 10.1. The predicted molar refractivity (Wildman–Crippen MR) is 181 cm³/mol. The molecular weight excluding hydrogens is 614 g/mol. The summed E-state index contributed by atoms with van der Waals surface area (Å²) in [7, 11) is -1.45. The van der Waals surface area contributed by atoms with Crippen molar-refractivity contribution in [3.05, 3.63) is 89.5 Å². The highest BCUT2D eigenvalue weighted by Crippen LogP contribution is 2.60. The SMILES string of the molecule is COc1ccc(C(=O)Nc2ccc3c(c2)[C@@]2(O[C@H](CC(=O)N4CCC[C@H]4CO)[C@@H]([Si](C)(C)O)[C@@H]2C)C(=O)N3Cc2ccccc2)cc1. The number of carbonyl (C=O) groups excluding carboxylic acids is 3. The topological polar surface area (TPSA) is 129 Å². The lowest BCUT2D eigenvalue weighted by molar-refractivity contribution is -0.150. The highest BCUT2D eigenvalue weighted by atomic mass is 28.4. The largest absolute Gasteiger partial charge is 0.497 e. The number of anilines is 2. The third kappa shape index (κ3) is 5.97. The molecule has 0 aromatic heterocycles. The maximum atomic E-state index is 14.8. The van der Waals surface area contributed by atoms with E-state index >= 15 is 0 Å². The number of rotatable bonds is 9. The van der Waals surface area contributed by atoms with E-state index in [4.69, 9.17) is 9.47 Å². The fraction of sp³-hybridized carbons (Fsp3) is 0.417. The third-order valence-corrected chi connectivity index (χ3v) is 12.6. The molecule has 3 aliphatic heterocycles. The van der Waals surface area contributed by atoms with Crippen molar-refractivity contribution in [2.24, 2.45) is 5.92 Å². The molecule has 5 atom stereocenters. The maximum Gasteiger partial charge on any atom is 0.264 e. The van der Waals surface area contributed by atoms with Crippen LogP contribution in [0.1, 0.15) is 47.7 Å². The van der Waals surface area contributed by atoms with Crippen LogP contribution < -0.4 is 15.0 Å². The lowest BCUT2D eigenvalue weighted by atomic mass is 9.82. The Morgan fingerprint density at radius 1 is 1.09 bits per heavy atom. The number of benzene rings is 3. The van der Waals surface area contributed by atoms with Gasteiger partial charge in [0.1, 0.15) is 5.75 Å². The number of fused-ring (bicyclic) bond motifs is 2. The Balaban J connectivity index is 1.39. The molecule has 11 heteroatoms. The van der Waals surface area contributed by atoms with Gasteiger partial charge in [0.25, 0.3) is 11.8 Å². The molecule has 0 saturated carbocycles. The molecule has 6 rings (SSSR count). The molecule has 1 spiro atoms.